The fraction of sp³-hybridized carbons (Fsp3) is 0.684. The first kappa shape index (κ1) is 20.1. The van der Waals surface area contributed by atoms with Gasteiger partial charge in [0, 0.05) is 5.56 Å². The monoisotopic (exact) mass is 324 g/mol. The largest absolute Gasteiger partial charge is 0.376 e. The van der Waals surface area contributed by atoms with Gasteiger partial charge in [-0.3, -0.25) is 0 Å². The molecule has 2 atom stereocenters. The highest BCUT2D eigenvalue weighted by atomic mass is 16.7. The zero-order valence-electron chi connectivity index (χ0n) is 15.3. The second-order valence-corrected chi connectivity index (χ2v) is 6.45. The summed E-state index contributed by atoms with van der Waals surface area (Å²) < 4.78 is 23.5. The Morgan fingerprint density at radius 2 is 1.26 bits per heavy atom. The van der Waals surface area contributed by atoms with Crippen LogP contribution in [0, 0.1) is 0 Å². The van der Waals surface area contributed by atoms with Crippen molar-refractivity contribution in [2.24, 2.45) is 0 Å². The van der Waals surface area contributed by atoms with Gasteiger partial charge in [-0.25, -0.2) is 0 Å². The highest BCUT2D eigenvalue weighted by Gasteiger charge is 2.19. The summed E-state index contributed by atoms with van der Waals surface area (Å²) in [7, 11) is 0. The third kappa shape index (κ3) is 9.06. The lowest BCUT2D eigenvalue weighted by atomic mass is 10.2. The minimum absolute atomic E-state index is 0.0802. The van der Waals surface area contributed by atoms with Crippen molar-refractivity contribution in [3.8, 4) is 0 Å². The Balaban J connectivity index is 2.64. The van der Waals surface area contributed by atoms with E-state index in [1.807, 2.05) is 71.9 Å². The summed E-state index contributed by atoms with van der Waals surface area (Å²) in [4.78, 5) is 0. The zero-order valence-corrected chi connectivity index (χ0v) is 15.3. The predicted molar refractivity (Wildman–Crippen MR) is 92.5 cm³/mol. The summed E-state index contributed by atoms with van der Waals surface area (Å²) in [5, 5.41) is 0. The third-order valence-electron chi connectivity index (χ3n) is 2.98. The van der Waals surface area contributed by atoms with Crippen molar-refractivity contribution in [2.45, 2.75) is 72.2 Å². The van der Waals surface area contributed by atoms with Gasteiger partial charge < -0.3 is 18.9 Å². The topological polar surface area (TPSA) is 36.9 Å². The van der Waals surface area contributed by atoms with Gasteiger partial charge in [-0.05, 0) is 41.5 Å². The zero-order chi connectivity index (χ0) is 17.2. The Kier molecular flexibility index (Phi) is 9.41. The summed E-state index contributed by atoms with van der Waals surface area (Å²) in [6.07, 6.45) is -0.130. The van der Waals surface area contributed by atoms with E-state index < -0.39 is 6.29 Å². The van der Waals surface area contributed by atoms with Crippen molar-refractivity contribution < 1.29 is 18.9 Å². The van der Waals surface area contributed by atoms with Crippen molar-refractivity contribution in [3.63, 3.8) is 0 Å². The summed E-state index contributed by atoms with van der Waals surface area (Å²) in [6.45, 7) is 13.0. The van der Waals surface area contributed by atoms with Gasteiger partial charge in [0.15, 0.2) is 6.29 Å². The van der Waals surface area contributed by atoms with Crippen LogP contribution in [-0.4, -0.2) is 37.6 Å². The molecule has 0 bridgehead atoms. The molecule has 1 aromatic carbocycles. The van der Waals surface area contributed by atoms with Gasteiger partial charge in [-0.2, -0.15) is 0 Å². The van der Waals surface area contributed by atoms with Crippen LogP contribution in [0.5, 0.6) is 0 Å². The van der Waals surface area contributed by atoms with Crippen molar-refractivity contribution in [1.82, 2.24) is 0 Å². The van der Waals surface area contributed by atoms with Crippen LogP contribution in [0.1, 0.15) is 53.4 Å². The SMILES string of the molecule is CC(C)OCC(COC(OC(C)C)c1ccccc1)OC(C)C. The molecule has 0 aliphatic heterocycles. The molecule has 0 aromatic heterocycles. The molecule has 0 aliphatic carbocycles. The lowest BCUT2D eigenvalue weighted by Gasteiger charge is -2.26. The molecule has 23 heavy (non-hydrogen) atoms. The van der Waals surface area contributed by atoms with Crippen molar-refractivity contribution >= 4 is 0 Å². The van der Waals surface area contributed by atoms with Crippen LogP contribution < -0.4 is 0 Å². The molecular weight excluding hydrogens is 292 g/mol. The van der Waals surface area contributed by atoms with E-state index in [1.165, 1.54) is 0 Å². The first-order chi connectivity index (χ1) is 10.9. The van der Waals surface area contributed by atoms with E-state index in [1.54, 1.807) is 0 Å². The van der Waals surface area contributed by atoms with Crippen LogP contribution in [-0.2, 0) is 18.9 Å². The molecule has 1 aromatic rings. The van der Waals surface area contributed by atoms with Gasteiger partial charge >= 0.3 is 0 Å². The van der Waals surface area contributed by atoms with Crippen LogP contribution in [0.15, 0.2) is 30.3 Å². The van der Waals surface area contributed by atoms with Crippen molar-refractivity contribution in [3.05, 3.63) is 35.9 Å². The average Bonchev–Trinajstić information content (AvgIpc) is 2.48. The van der Waals surface area contributed by atoms with E-state index in [0.29, 0.717) is 13.2 Å². The molecule has 2 unspecified atom stereocenters. The lowest BCUT2D eigenvalue weighted by Crippen LogP contribution is -2.31. The number of rotatable bonds is 11. The third-order valence-corrected chi connectivity index (χ3v) is 2.98. The van der Waals surface area contributed by atoms with Crippen molar-refractivity contribution in [2.75, 3.05) is 13.2 Å². The second-order valence-electron chi connectivity index (χ2n) is 6.45. The fourth-order valence-corrected chi connectivity index (χ4v) is 2.08. The van der Waals surface area contributed by atoms with Gasteiger partial charge in [0.25, 0.3) is 0 Å². The van der Waals surface area contributed by atoms with Crippen LogP contribution in [0.4, 0.5) is 0 Å². The molecule has 0 radical (unpaired) electrons. The highest BCUT2D eigenvalue weighted by Crippen LogP contribution is 2.21. The Bertz CT molecular complexity index is 403. The van der Waals surface area contributed by atoms with Gasteiger partial charge in [0.2, 0.25) is 0 Å². The van der Waals surface area contributed by atoms with Crippen LogP contribution >= 0.6 is 0 Å². The Morgan fingerprint density at radius 3 is 1.78 bits per heavy atom. The van der Waals surface area contributed by atoms with E-state index in [4.69, 9.17) is 18.9 Å². The first-order valence-corrected chi connectivity index (χ1v) is 8.47. The van der Waals surface area contributed by atoms with E-state index >= 15 is 0 Å². The molecule has 0 spiro atoms. The molecule has 4 nitrogen and oxygen atoms in total. The fourth-order valence-electron chi connectivity index (χ4n) is 2.08. The Morgan fingerprint density at radius 1 is 0.696 bits per heavy atom. The van der Waals surface area contributed by atoms with Crippen molar-refractivity contribution in [1.29, 1.82) is 0 Å². The minimum atomic E-state index is -0.395. The van der Waals surface area contributed by atoms with Gasteiger partial charge in [-0.15, -0.1) is 0 Å². The number of hydrogen-bond donors (Lipinski definition) is 0. The molecule has 0 heterocycles. The van der Waals surface area contributed by atoms with Gasteiger partial charge in [-0.1, -0.05) is 30.3 Å². The quantitative estimate of drug-likeness (QED) is 0.567. The molecule has 0 fully saturated rings. The Hall–Kier alpha value is -0.940. The van der Waals surface area contributed by atoms with Crippen LogP contribution in [0.25, 0.3) is 0 Å². The highest BCUT2D eigenvalue weighted by molar-refractivity contribution is 5.16. The summed E-state index contributed by atoms with van der Waals surface area (Å²) in [5.74, 6) is 0. The molecular formula is C19H32O4. The number of hydrogen-bond acceptors (Lipinski definition) is 4. The Labute approximate surface area is 141 Å². The van der Waals surface area contributed by atoms with Crippen LogP contribution in [0.3, 0.4) is 0 Å². The maximum atomic E-state index is 6.01. The smallest absolute Gasteiger partial charge is 0.184 e. The number of ether oxygens (including phenoxy) is 4. The summed E-state index contributed by atoms with van der Waals surface area (Å²) in [5.41, 5.74) is 1.01. The lowest BCUT2D eigenvalue weighted by molar-refractivity contribution is -0.194. The normalized spacial score (nSPS) is 14.7. The molecule has 0 N–H and O–H groups in total. The molecule has 132 valence electrons. The standard InChI is InChI=1S/C19H32O4/c1-14(2)20-12-18(22-15(3)4)13-21-19(23-16(5)6)17-10-8-7-9-11-17/h7-11,14-16,18-19H,12-13H2,1-6H3. The first-order valence-electron chi connectivity index (χ1n) is 8.47. The van der Waals surface area contributed by atoms with E-state index in [2.05, 4.69) is 0 Å². The van der Waals surface area contributed by atoms with Gasteiger partial charge in [0.05, 0.1) is 31.5 Å². The predicted octanol–water partition coefficient (Wildman–Crippen LogP) is 4.35. The maximum absolute atomic E-state index is 6.01. The molecule has 1 rings (SSSR count). The molecule has 0 aliphatic rings. The van der Waals surface area contributed by atoms with Crippen LogP contribution in [0.2, 0.25) is 0 Å². The maximum Gasteiger partial charge on any atom is 0.184 e. The second kappa shape index (κ2) is 10.8. The summed E-state index contributed by atoms with van der Waals surface area (Å²) >= 11 is 0. The minimum Gasteiger partial charge on any atom is -0.376 e. The molecule has 0 amide bonds. The summed E-state index contributed by atoms with van der Waals surface area (Å²) in [6, 6.07) is 9.97. The van der Waals surface area contributed by atoms with E-state index in [9.17, 15) is 0 Å². The molecule has 0 saturated heterocycles. The van der Waals surface area contributed by atoms with Gasteiger partial charge in [0.1, 0.15) is 6.10 Å². The number of benzene rings is 1. The van der Waals surface area contributed by atoms with E-state index in [-0.39, 0.29) is 24.4 Å². The van der Waals surface area contributed by atoms with E-state index in [0.717, 1.165) is 5.56 Å². The molecule has 4 heteroatoms. The molecule has 0 saturated carbocycles. The average molecular weight is 324 g/mol.